The third-order valence-corrected chi connectivity index (χ3v) is 1.85. The van der Waals surface area contributed by atoms with E-state index in [1.165, 1.54) is 7.11 Å². The molecule has 1 aromatic carbocycles. The first-order valence-corrected chi connectivity index (χ1v) is 4.29. The van der Waals surface area contributed by atoms with Crippen LogP contribution in [0.2, 0.25) is 0 Å². The largest absolute Gasteiger partial charge is 0.707 e. The molecule has 0 atom stereocenters. The van der Waals surface area contributed by atoms with E-state index in [9.17, 15) is 0 Å². The van der Waals surface area contributed by atoms with Crippen molar-refractivity contribution in [2.24, 2.45) is 0 Å². The van der Waals surface area contributed by atoms with Crippen molar-refractivity contribution in [1.29, 1.82) is 0 Å². The van der Waals surface area contributed by atoms with Crippen LogP contribution in [0.5, 0.6) is 11.5 Å². The van der Waals surface area contributed by atoms with Gasteiger partial charge in [0.2, 0.25) is 0 Å². The summed E-state index contributed by atoms with van der Waals surface area (Å²) in [5.41, 5.74) is 0. The molecule has 0 aliphatic rings. The minimum atomic E-state index is -1.84. The highest BCUT2D eigenvalue weighted by Crippen LogP contribution is 2.30. The predicted octanol–water partition coefficient (Wildman–Crippen LogP) is 0.806. The first-order chi connectivity index (χ1) is 6.13. The number of methoxy groups -OCH3 is 1. The second kappa shape index (κ2) is 4.50. The molecule has 0 amide bonds. The minimum absolute atomic E-state index is 0.270. The summed E-state index contributed by atoms with van der Waals surface area (Å²) in [6.07, 6.45) is 0. The molecule has 0 radical (unpaired) electrons. The van der Waals surface area contributed by atoms with Gasteiger partial charge in [0.15, 0.2) is 5.75 Å². The molecule has 4 nitrogen and oxygen atoms in total. The number of rotatable bonds is 3. The SMILES string of the molecule is COc1ccc(Br)cc1OB(O)O. The molecular weight excluding hydrogens is 239 g/mol. The second-order valence-electron chi connectivity index (χ2n) is 2.24. The zero-order valence-electron chi connectivity index (χ0n) is 6.90. The van der Waals surface area contributed by atoms with E-state index in [1.54, 1.807) is 18.2 Å². The van der Waals surface area contributed by atoms with Gasteiger partial charge in [-0.1, -0.05) is 15.9 Å². The smallest absolute Gasteiger partial charge is 0.509 e. The van der Waals surface area contributed by atoms with Gasteiger partial charge in [-0.05, 0) is 18.2 Å². The molecule has 0 saturated carbocycles. The molecule has 0 saturated heterocycles. The van der Waals surface area contributed by atoms with Crippen molar-refractivity contribution < 1.29 is 19.4 Å². The van der Waals surface area contributed by atoms with Crippen LogP contribution in [-0.2, 0) is 0 Å². The maximum absolute atomic E-state index is 8.58. The molecule has 0 aromatic heterocycles. The summed E-state index contributed by atoms with van der Waals surface area (Å²) in [5.74, 6) is 0.711. The molecule has 0 bridgehead atoms. The van der Waals surface area contributed by atoms with Crippen LogP contribution in [0.15, 0.2) is 22.7 Å². The molecule has 6 heteroatoms. The molecule has 13 heavy (non-hydrogen) atoms. The Morgan fingerprint density at radius 2 is 2.00 bits per heavy atom. The zero-order chi connectivity index (χ0) is 9.84. The van der Waals surface area contributed by atoms with Gasteiger partial charge in [-0.25, -0.2) is 0 Å². The van der Waals surface area contributed by atoms with E-state index in [0.29, 0.717) is 5.75 Å². The van der Waals surface area contributed by atoms with Crippen molar-refractivity contribution in [3.8, 4) is 11.5 Å². The van der Waals surface area contributed by atoms with Crippen LogP contribution in [-0.4, -0.2) is 24.5 Å². The Kier molecular flexibility index (Phi) is 3.59. The van der Waals surface area contributed by atoms with E-state index in [2.05, 4.69) is 20.6 Å². The van der Waals surface area contributed by atoms with Crippen LogP contribution in [0.25, 0.3) is 0 Å². The number of halogens is 1. The molecule has 0 aliphatic carbocycles. The lowest BCUT2D eigenvalue weighted by Crippen LogP contribution is -2.20. The van der Waals surface area contributed by atoms with Crippen LogP contribution in [0.1, 0.15) is 0 Å². The van der Waals surface area contributed by atoms with Gasteiger partial charge in [-0.15, -0.1) is 0 Å². The van der Waals surface area contributed by atoms with E-state index >= 15 is 0 Å². The van der Waals surface area contributed by atoms with Gasteiger partial charge < -0.3 is 19.4 Å². The summed E-state index contributed by atoms with van der Waals surface area (Å²) in [6.45, 7) is 0. The van der Waals surface area contributed by atoms with E-state index in [1.807, 2.05) is 0 Å². The van der Waals surface area contributed by atoms with Crippen LogP contribution in [0.4, 0.5) is 0 Å². The molecule has 0 fully saturated rings. The molecule has 0 aliphatic heterocycles. The number of benzene rings is 1. The summed E-state index contributed by atoms with van der Waals surface area (Å²) in [4.78, 5) is 0. The molecule has 0 heterocycles. The lowest BCUT2D eigenvalue weighted by Gasteiger charge is -2.09. The quantitative estimate of drug-likeness (QED) is 0.775. The van der Waals surface area contributed by atoms with Gasteiger partial charge >= 0.3 is 7.32 Å². The Bertz CT molecular complexity index is 292. The van der Waals surface area contributed by atoms with Gasteiger partial charge in [0.1, 0.15) is 5.75 Å². The topological polar surface area (TPSA) is 58.9 Å². The lowest BCUT2D eigenvalue weighted by molar-refractivity contribution is 0.279. The first-order valence-electron chi connectivity index (χ1n) is 3.50. The van der Waals surface area contributed by atoms with Crippen molar-refractivity contribution in [2.45, 2.75) is 0 Å². The third-order valence-electron chi connectivity index (χ3n) is 1.36. The van der Waals surface area contributed by atoms with Crippen molar-refractivity contribution in [3.63, 3.8) is 0 Å². The molecule has 0 spiro atoms. The van der Waals surface area contributed by atoms with Gasteiger partial charge in [0.05, 0.1) is 7.11 Å². The van der Waals surface area contributed by atoms with E-state index in [4.69, 9.17) is 14.8 Å². The maximum Gasteiger partial charge on any atom is 0.707 e. The normalized spacial score (nSPS) is 9.54. The van der Waals surface area contributed by atoms with Crippen molar-refractivity contribution in [2.75, 3.05) is 7.11 Å². The summed E-state index contributed by atoms with van der Waals surface area (Å²) < 4.78 is 10.4. The van der Waals surface area contributed by atoms with Gasteiger partial charge in [-0.2, -0.15) is 0 Å². The third kappa shape index (κ3) is 2.91. The summed E-state index contributed by atoms with van der Waals surface area (Å²) >= 11 is 3.22. The molecule has 70 valence electrons. The fraction of sp³-hybridized carbons (Fsp3) is 0.143. The highest BCUT2D eigenvalue weighted by atomic mass is 79.9. The fourth-order valence-electron chi connectivity index (χ4n) is 0.856. The van der Waals surface area contributed by atoms with Gasteiger partial charge in [0.25, 0.3) is 0 Å². The average molecular weight is 247 g/mol. The predicted molar refractivity (Wildman–Crippen MR) is 51.5 cm³/mol. The van der Waals surface area contributed by atoms with Gasteiger partial charge in [-0.3, -0.25) is 0 Å². The Morgan fingerprint density at radius 3 is 2.54 bits per heavy atom. The molecule has 1 aromatic rings. The Morgan fingerprint density at radius 1 is 1.31 bits per heavy atom. The van der Waals surface area contributed by atoms with Crippen LogP contribution in [0.3, 0.4) is 0 Å². The Hall–Kier alpha value is -0.715. The fourth-order valence-corrected chi connectivity index (χ4v) is 1.20. The van der Waals surface area contributed by atoms with Gasteiger partial charge in [0, 0.05) is 4.47 Å². The van der Waals surface area contributed by atoms with Crippen LogP contribution in [0, 0.1) is 0 Å². The average Bonchev–Trinajstić information content (AvgIpc) is 2.03. The number of hydrogen-bond acceptors (Lipinski definition) is 4. The second-order valence-corrected chi connectivity index (χ2v) is 3.15. The summed E-state index contributed by atoms with van der Waals surface area (Å²) in [6, 6.07) is 5.00. The minimum Gasteiger partial charge on any atom is -0.509 e. The molecule has 2 N–H and O–H groups in total. The monoisotopic (exact) mass is 246 g/mol. The van der Waals surface area contributed by atoms with Crippen molar-refractivity contribution in [3.05, 3.63) is 22.7 Å². The lowest BCUT2D eigenvalue weighted by atomic mass is 10.2. The zero-order valence-corrected chi connectivity index (χ0v) is 8.48. The first kappa shape index (κ1) is 10.4. The van der Waals surface area contributed by atoms with Crippen LogP contribution >= 0.6 is 15.9 Å². The molecular formula is C7H8BBrO4. The molecule has 1 rings (SSSR count). The number of ether oxygens (including phenoxy) is 1. The Balaban J connectivity index is 2.94. The highest BCUT2D eigenvalue weighted by Gasteiger charge is 2.14. The van der Waals surface area contributed by atoms with E-state index in [-0.39, 0.29) is 5.75 Å². The maximum atomic E-state index is 8.58. The van der Waals surface area contributed by atoms with Crippen LogP contribution < -0.4 is 9.39 Å². The highest BCUT2D eigenvalue weighted by molar-refractivity contribution is 9.10. The number of hydrogen-bond donors (Lipinski definition) is 2. The molecule has 0 unspecified atom stereocenters. The Labute approximate surface area is 84.4 Å². The van der Waals surface area contributed by atoms with E-state index in [0.717, 1.165) is 4.47 Å². The van der Waals surface area contributed by atoms with E-state index < -0.39 is 7.32 Å². The van der Waals surface area contributed by atoms with Crippen molar-refractivity contribution in [1.82, 2.24) is 0 Å². The standard InChI is InChI=1S/C7H8BBrO4/c1-12-6-3-2-5(9)4-7(6)13-8(10)11/h2-4,10-11H,1H3. The van der Waals surface area contributed by atoms with Crippen molar-refractivity contribution >= 4 is 23.3 Å². The summed E-state index contributed by atoms with van der Waals surface area (Å²) in [5, 5.41) is 17.2. The summed E-state index contributed by atoms with van der Waals surface area (Å²) in [7, 11) is -0.372.